The molecular formula is C26H26N4O2. The Bertz CT molecular complexity index is 1250. The van der Waals surface area contributed by atoms with Crippen LogP contribution in [-0.2, 0) is 13.1 Å². The molecule has 32 heavy (non-hydrogen) atoms. The van der Waals surface area contributed by atoms with E-state index in [9.17, 15) is 4.79 Å². The highest BCUT2D eigenvalue weighted by atomic mass is 16.5. The SMILES string of the molecule is Cc1ccc2nc(C)c(C(=O)NCCOc3ccc(N4Cc5ccccc5C4)cc3)n2c1. The quantitative estimate of drug-likeness (QED) is 0.468. The average molecular weight is 427 g/mol. The summed E-state index contributed by atoms with van der Waals surface area (Å²) >= 11 is 0. The summed E-state index contributed by atoms with van der Waals surface area (Å²) in [5.74, 6) is 0.648. The van der Waals surface area contributed by atoms with Crippen LogP contribution in [0.3, 0.4) is 0 Å². The third-order valence-electron chi connectivity index (χ3n) is 5.85. The first kappa shape index (κ1) is 20.1. The summed E-state index contributed by atoms with van der Waals surface area (Å²) in [6.07, 6.45) is 1.93. The summed E-state index contributed by atoms with van der Waals surface area (Å²) < 4.78 is 7.68. The lowest BCUT2D eigenvalue weighted by Crippen LogP contribution is -2.29. The smallest absolute Gasteiger partial charge is 0.270 e. The molecule has 0 bridgehead atoms. The third kappa shape index (κ3) is 3.91. The number of rotatable bonds is 6. The van der Waals surface area contributed by atoms with Crippen LogP contribution in [0.25, 0.3) is 5.65 Å². The minimum atomic E-state index is -0.145. The molecule has 0 fully saturated rings. The van der Waals surface area contributed by atoms with Gasteiger partial charge in [0.05, 0.1) is 12.2 Å². The summed E-state index contributed by atoms with van der Waals surface area (Å²) in [6, 6.07) is 20.6. The zero-order chi connectivity index (χ0) is 22.1. The Balaban J connectivity index is 1.14. The second kappa shape index (κ2) is 8.38. The number of nitrogens with one attached hydrogen (secondary N) is 1. The number of carbonyl (C=O) groups is 1. The topological polar surface area (TPSA) is 58.9 Å². The van der Waals surface area contributed by atoms with Gasteiger partial charge in [-0.2, -0.15) is 0 Å². The van der Waals surface area contributed by atoms with Gasteiger partial charge in [0, 0.05) is 25.0 Å². The number of benzene rings is 2. The highest BCUT2D eigenvalue weighted by Crippen LogP contribution is 2.29. The largest absolute Gasteiger partial charge is 0.492 e. The van der Waals surface area contributed by atoms with Gasteiger partial charge in [-0.3, -0.25) is 9.20 Å². The molecule has 0 saturated heterocycles. The monoisotopic (exact) mass is 426 g/mol. The van der Waals surface area contributed by atoms with Crippen molar-refractivity contribution < 1.29 is 9.53 Å². The second-order valence-corrected chi connectivity index (χ2v) is 8.20. The molecule has 1 aliphatic heterocycles. The van der Waals surface area contributed by atoms with Gasteiger partial charge in [-0.05, 0) is 60.9 Å². The van der Waals surface area contributed by atoms with Crippen molar-refractivity contribution in [1.82, 2.24) is 14.7 Å². The number of aryl methyl sites for hydroxylation is 2. The average Bonchev–Trinajstić information content (AvgIpc) is 3.37. The molecule has 0 radical (unpaired) electrons. The van der Waals surface area contributed by atoms with E-state index in [2.05, 4.69) is 51.6 Å². The lowest BCUT2D eigenvalue weighted by atomic mass is 10.1. The molecule has 0 atom stereocenters. The Morgan fingerprint density at radius 1 is 1.00 bits per heavy atom. The van der Waals surface area contributed by atoms with Crippen molar-refractivity contribution in [2.75, 3.05) is 18.1 Å². The van der Waals surface area contributed by atoms with Gasteiger partial charge in [0.25, 0.3) is 5.91 Å². The Morgan fingerprint density at radius 3 is 2.44 bits per heavy atom. The predicted molar refractivity (Wildman–Crippen MR) is 125 cm³/mol. The molecule has 2 aromatic carbocycles. The van der Waals surface area contributed by atoms with Crippen molar-refractivity contribution in [2.45, 2.75) is 26.9 Å². The molecule has 3 heterocycles. The van der Waals surface area contributed by atoms with Crippen molar-refractivity contribution in [2.24, 2.45) is 0 Å². The van der Waals surface area contributed by atoms with Crippen LogP contribution >= 0.6 is 0 Å². The molecule has 6 nitrogen and oxygen atoms in total. The summed E-state index contributed by atoms with van der Waals surface area (Å²) in [6.45, 7) is 6.54. The standard InChI is InChI=1S/C26H26N4O2/c1-18-7-12-24-28-19(2)25(30(24)15-18)26(31)27-13-14-32-23-10-8-22(9-11-23)29-16-20-5-3-4-6-21(20)17-29/h3-12,15H,13-14,16-17H2,1-2H3,(H,27,31). The highest BCUT2D eigenvalue weighted by molar-refractivity contribution is 5.94. The molecule has 2 aromatic heterocycles. The Labute approximate surface area is 187 Å². The zero-order valence-corrected chi connectivity index (χ0v) is 18.3. The molecule has 1 amide bonds. The molecule has 0 spiro atoms. The summed E-state index contributed by atoms with van der Waals surface area (Å²) in [7, 11) is 0. The summed E-state index contributed by atoms with van der Waals surface area (Å²) in [5, 5.41) is 2.94. The van der Waals surface area contributed by atoms with Gasteiger partial charge < -0.3 is 15.0 Å². The van der Waals surface area contributed by atoms with Crippen LogP contribution in [0.2, 0.25) is 0 Å². The van der Waals surface area contributed by atoms with Crippen LogP contribution in [0.1, 0.15) is 32.9 Å². The zero-order valence-electron chi connectivity index (χ0n) is 18.3. The van der Waals surface area contributed by atoms with Crippen LogP contribution in [0.4, 0.5) is 5.69 Å². The molecular weight excluding hydrogens is 400 g/mol. The number of hydrogen-bond acceptors (Lipinski definition) is 4. The van der Waals surface area contributed by atoms with E-state index in [1.54, 1.807) is 0 Å². The predicted octanol–water partition coefficient (Wildman–Crippen LogP) is 4.28. The first-order valence-electron chi connectivity index (χ1n) is 10.9. The van der Waals surface area contributed by atoms with E-state index in [4.69, 9.17) is 4.74 Å². The Morgan fingerprint density at radius 2 is 1.72 bits per heavy atom. The van der Waals surface area contributed by atoms with E-state index in [0.717, 1.165) is 30.0 Å². The van der Waals surface area contributed by atoms with E-state index in [1.165, 1.54) is 16.8 Å². The van der Waals surface area contributed by atoms with Gasteiger partial charge in [0.2, 0.25) is 0 Å². The molecule has 5 rings (SSSR count). The number of anilines is 1. The minimum absolute atomic E-state index is 0.145. The normalized spacial score (nSPS) is 12.8. The van der Waals surface area contributed by atoms with Crippen LogP contribution < -0.4 is 15.0 Å². The molecule has 1 aliphatic rings. The van der Waals surface area contributed by atoms with Crippen molar-refractivity contribution in [3.8, 4) is 5.75 Å². The maximum Gasteiger partial charge on any atom is 0.270 e. The van der Waals surface area contributed by atoms with E-state index in [0.29, 0.717) is 24.5 Å². The van der Waals surface area contributed by atoms with Crippen LogP contribution in [-0.4, -0.2) is 28.4 Å². The lowest BCUT2D eigenvalue weighted by Gasteiger charge is -2.18. The van der Waals surface area contributed by atoms with Crippen LogP contribution in [0, 0.1) is 13.8 Å². The van der Waals surface area contributed by atoms with Gasteiger partial charge in [-0.25, -0.2) is 4.98 Å². The van der Waals surface area contributed by atoms with Crippen molar-refractivity contribution in [1.29, 1.82) is 0 Å². The molecule has 0 unspecified atom stereocenters. The number of imidazole rings is 1. The first-order chi connectivity index (χ1) is 15.6. The molecule has 1 N–H and O–H groups in total. The Kier molecular flexibility index (Phi) is 5.27. The number of ether oxygens (including phenoxy) is 1. The number of amides is 1. The van der Waals surface area contributed by atoms with Gasteiger partial charge >= 0.3 is 0 Å². The molecule has 0 aliphatic carbocycles. The third-order valence-corrected chi connectivity index (χ3v) is 5.85. The van der Waals surface area contributed by atoms with Gasteiger partial charge in [0.1, 0.15) is 23.7 Å². The van der Waals surface area contributed by atoms with E-state index in [-0.39, 0.29) is 5.91 Å². The van der Waals surface area contributed by atoms with E-state index < -0.39 is 0 Å². The van der Waals surface area contributed by atoms with Gasteiger partial charge in [0.15, 0.2) is 0 Å². The fourth-order valence-electron chi connectivity index (χ4n) is 4.23. The van der Waals surface area contributed by atoms with Crippen molar-refractivity contribution in [3.63, 3.8) is 0 Å². The van der Waals surface area contributed by atoms with Crippen molar-refractivity contribution >= 4 is 17.2 Å². The molecule has 162 valence electrons. The Hall–Kier alpha value is -3.80. The van der Waals surface area contributed by atoms with E-state index >= 15 is 0 Å². The number of nitrogens with zero attached hydrogens (tertiary/aromatic N) is 3. The number of fused-ring (bicyclic) bond motifs is 2. The number of aromatic nitrogens is 2. The van der Waals surface area contributed by atoms with Crippen LogP contribution in [0.5, 0.6) is 5.75 Å². The van der Waals surface area contributed by atoms with Gasteiger partial charge in [-0.1, -0.05) is 30.3 Å². The lowest BCUT2D eigenvalue weighted by molar-refractivity contribution is 0.0940. The molecule has 0 saturated carbocycles. The fraction of sp³-hybridized carbons (Fsp3) is 0.231. The van der Waals surface area contributed by atoms with E-state index in [1.807, 2.05) is 48.7 Å². The maximum atomic E-state index is 12.7. The van der Waals surface area contributed by atoms with Crippen LogP contribution in [0.15, 0.2) is 66.9 Å². The second-order valence-electron chi connectivity index (χ2n) is 8.20. The molecule has 4 aromatic rings. The maximum absolute atomic E-state index is 12.7. The summed E-state index contributed by atoms with van der Waals surface area (Å²) in [4.78, 5) is 19.5. The first-order valence-corrected chi connectivity index (χ1v) is 10.9. The minimum Gasteiger partial charge on any atom is -0.492 e. The van der Waals surface area contributed by atoms with Crippen molar-refractivity contribution in [3.05, 3.63) is 94.9 Å². The highest BCUT2D eigenvalue weighted by Gasteiger charge is 2.19. The molecule has 6 heteroatoms. The number of pyridine rings is 1. The summed E-state index contributed by atoms with van der Waals surface area (Å²) in [5.41, 5.74) is 7.10. The van der Waals surface area contributed by atoms with Gasteiger partial charge in [-0.15, -0.1) is 0 Å². The number of carbonyl (C=O) groups excluding carboxylic acids is 1. The number of hydrogen-bond donors (Lipinski definition) is 1. The fourth-order valence-corrected chi connectivity index (χ4v) is 4.23.